The summed E-state index contributed by atoms with van der Waals surface area (Å²) in [4.78, 5) is 17.4. The topological polar surface area (TPSA) is 59.6 Å². The highest BCUT2D eigenvalue weighted by molar-refractivity contribution is 5.79. The van der Waals surface area contributed by atoms with Crippen LogP contribution in [0.15, 0.2) is 12.2 Å². The molecule has 6 nitrogen and oxygen atoms in total. The molecule has 2 aliphatic carbocycles. The first kappa shape index (κ1) is 22.3. The molecule has 2 aliphatic heterocycles. The van der Waals surface area contributed by atoms with Crippen LogP contribution in [-0.4, -0.2) is 66.9 Å². The Morgan fingerprint density at radius 2 is 1.77 bits per heavy atom. The first-order chi connectivity index (χ1) is 14.6. The maximum atomic E-state index is 13.0. The Morgan fingerprint density at radius 1 is 0.967 bits per heavy atom. The molecule has 0 aromatic carbocycles. The van der Waals surface area contributed by atoms with Crippen LogP contribution in [0.1, 0.15) is 71.1 Å². The van der Waals surface area contributed by atoms with E-state index in [0.717, 1.165) is 57.7 Å². The lowest BCUT2D eigenvalue weighted by atomic mass is 9.84. The SMILES string of the molecule is CC1CCCC(NC2CCN(C)C(NC3CCCC(C(=O)N4CC=CCC4)C3)N2)C1. The van der Waals surface area contributed by atoms with Gasteiger partial charge in [0.05, 0.1) is 6.17 Å². The van der Waals surface area contributed by atoms with Crippen molar-refractivity contribution < 1.29 is 4.79 Å². The van der Waals surface area contributed by atoms with E-state index in [1.165, 1.54) is 32.1 Å². The average molecular weight is 418 g/mol. The zero-order valence-electron chi connectivity index (χ0n) is 19.1. The van der Waals surface area contributed by atoms with E-state index in [9.17, 15) is 4.79 Å². The summed E-state index contributed by atoms with van der Waals surface area (Å²) in [6, 6.07) is 1.08. The number of hydrogen-bond acceptors (Lipinski definition) is 5. The van der Waals surface area contributed by atoms with Gasteiger partial charge in [-0.3, -0.25) is 25.6 Å². The summed E-state index contributed by atoms with van der Waals surface area (Å²) in [7, 11) is 2.20. The molecule has 0 aromatic rings. The number of carbonyl (C=O) groups excluding carboxylic acids is 1. The number of hydrogen-bond donors (Lipinski definition) is 3. The molecule has 6 heteroatoms. The Labute approximate surface area is 183 Å². The third kappa shape index (κ3) is 5.84. The molecule has 0 spiro atoms. The molecule has 4 aliphatic rings. The first-order valence-electron chi connectivity index (χ1n) is 12.5. The van der Waals surface area contributed by atoms with Crippen molar-refractivity contribution >= 4 is 5.91 Å². The van der Waals surface area contributed by atoms with E-state index < -0.39 is 0 Å². The van der Waals surface area contributed by atoms with Crippen LogP contribution >= 0.6 is 0 Å². The van der Waals surface area contributed by atoms with Crippen molar-refractivity contribution in [3.8, 4) is 0 Å². The fourth-order valence-electron chi connectivity index (χ4n) is 5.93. The molecule has 4 rings (SSSR count). The van der Waals surface area contributed by atoms with Crippen molar-refractivity contribution in [1.29, 1.82) is 0 Å². The zero-order chi connectivity index (χ0) is 20.9. The molecule has 3 N–H and O–H groups in total. The fraction of sp³-hybridized carbons (Fsp3) is 0.875. The highest BCUT2D eigenvalue weighted by Crippen LogP contribution is 2.28. The van der Waals surface area contributed by atoms with Gasteiger partial charge in [-0.2, -0.15) is 0 Å². The number of nitrogens with one attached hydrogen (secondary N) is 3. The number of carbonyl (C=O) groups is 1. The van der Waals surface area contributed by atoms with Crippen LogP contribution < -0.4 is 16.0 Å². The molecule has 3 fully saturated rings. The fourth-order valence-corrected chi connectivity index (χ4v) is 5.93. The van der Waals surface area contributed by atoms with Crippen LogP contribution in [0, 0.1) is 11.8 Å². The summed E-state index contributed by atoms with van der Waals surface area (Å²) in [5.41, 5.74) is 0. The maximum Gasteiger partial charge on any atom is 0.226 e. The van der Waals surface area contributed by atoms with Crippen molar-refractivity contribution in [3.05, 3.63) is 12.2 Å². The Kier molecular flexibility index (Phi) is 7.85. The number of amides is 1. The molecule has 6 atom stereocenters. The summed E-state index contributed by atoms with van der Waals surface area (Å²) >= 11 is 0. The minimum absolute atomic E-state index is 0.189. The van der Waals surface area contributed by atoms with Crippen LogP contribution in [0.4, 0.5) is 0 Å². The summed E-state index contributed by atoms with van der Waals surface area (Å²) in [5.74, 6) is 1.42. The van der Waals surface area contributed by atoms with E-state index in [4.69, 9.17) is 0 Å². The molecule has 0 radical (unpaired) electrons. The van der Waals surface area contributed by atoms with Gasteiger partial charge in [0.2, 0.25) is 5.91 Å². The smallest absolute Gasteiger partial charge is 0.226 e. The van der Waals surface area contributed by atoms with Gasteiger partial charge in [-0.25, -0.2) is 0 Å². The second kappa shape index (κ2) is 10.6. The Bertz CT molecular complexity index is 596. The van der Waals surface area contributed by atoms with E-state index in [0.29, 0.717) is 24.2 Å². The van der Waals surface area contributed by atoms with Gasteiger partial charge in [-0.15, -0.1) is 0 Å². The van der Waals surface area contributed by atoms with Crippen molar-refractivity contribution in [1.82, 2.24) is 25.8 Å². The monoisotopic (exact) mass is 417 g/mol. The van der Waals surface area contributed by atoms with Crippen LogP contribution in [0.2, 0.25) is 0 Å². The van der Waals surface area contributed by atoms with E-state index in [-0.39, 0.29) is 12.2 Å². The summed E-state index contributed by atoms with van der Waals surface area (Å²) in [6.07, 6.45) is 16.8. The third-order valence-corrected chi connectivity index (χ3v) is 7.73. The molecule has 2 heterocycles. The largest absolute Gasteiger partial charge is 0.338 e. The molecule has 0 bridgehead atoms. The highest BCUT2D eigenvalue weighted by Gasteiger charge is 2.34. The normalized spacial score (nSPS) is 38.5. The van der Waals surface area contributed by atoms with Gasteiger partial charge >= 0.3 is 0 Å². The zero-order valence-corrected chi connectivity index (χ0v) is 19.1. The quantitative estimate of drug-likeness (QED) is 0.601. The lowest BCUT2D eigenvalue weighted by Gasteiger charge is -2.43. The lowest BCUT2D eigenvalue weighted by molar-refractivity contribution is -0.136. The van der Waals surface area contributed by atoms with E-state index in [2.05, 4.69) is 51.9 Å². The molecule has 6 unspecified atom stereocenters. The minimum atomic E-state index is 0.189. The molecule has 1 amide bonds. The Morgan fingerprint density at radius 3 is 2.53 bits per heavy atom. The van der Waals surface area contributed by atoms with Crippen molar-refractivity contribution in [3.63, 3.8) is 0 Å². The molecule has 0 aromatic heterocycles. The third-order valence-electron chi connectivity index (χ3n) is 7.73. The molecular weight excluding hydrogens is 374 g/mol. The van der Waals surface area contributed by atoms with E-state index in [1.807, 2.05) is 0 Å². The average Bonchev–Trinajstić information content (AvgIpc) is 2.76. The number of nitrogens with zero attached hydrogens (tertiary/aromatic N) is 2. The van der Waals surface area contributed by atoms with E-state index >= 15 is 0 Å². The van der Waals surface area contributed by atoms with Gasteiger partial charge in [-0.1, -0.05) is 38.3 Å². The van der Waals surface area contributed by atoms with Gasteiger partial charge in [0, 0.05) is 37.6 Å². The molecule has 170 valence electrons. The molecule has 30 heavy (non-hydrogen) atoms. The van der Waals surface area contributed by atoms with Gasteiger partial charge in [0.15, 0.2) is 0 Å². The predicted molar refractivity (Wildman–Crippen MR) is 122 cm³/mol. The van der Waals surface area contributed by atoms with Gasteiger partial charge in [0.25, 0.3) is 0 Å². The van der Waals surface area contributed by atoms with Gasteiger partial charge < -0.3 is 4.90 Å². The minimum Gasteiger partial charge on any atom is -0.338 e. The van der Waals surface area contributed by atoms with Crippen molar-refractivity contribution in [2.45, 2.75) is 95.7 Å². The Balaban J connectivity index is 1.27. The molecule has 2 saturated carbocycles. The van der Waals surface area contributed by atoms with Crippen LogP contribution in [0.5, 0.6) is 0 Å². The first-order valence-corrected chi connectivity index (χ1v) is 12.5. The predicted octanol–water partition coefficient (Wildman–Crippen LogP) is 2.63. The number of rotatable bonds is 5. The van der Waals surface area contributed by atoms with Crippen molar-refractivity contribution in [2.24, 2.45) is 11.8 Å². The standard InChI is InChI=1S/C24H43N5O/c1-18-8-6-10-20(16-18)25-22-12-15-28(2)24(27-22)26-21-11-7-9-19(17-21)23(30)29-13-4-3-5-14-29/h3-4,18-22,24-27H,5-17H2,1-2H3. The van der Waals surface area contributed by atoms with Crippen LogP contribution in [0.3, 0.4) is 0 Å². The maximum absolute atomic E-state index is 13.0. The summed E-state index contributed by atoms with van der Waals surface area (Å²) in [6.45, 7) is 5.18. The second-order valence-corrected chi connectivity index (χ2v) is 10.3. The van der Waals surface area contributed by atoms with E-state index in [1.54, 1.807) is 0 Å². The van der Waals surface area contributed by atoms with Crippen LogP contribution in [0.25, 0.3) is 0 Å². The van der Waals surface area contributed by atoms with Crippen LogP contribution in [-0.2, 0) is 4.79 Å². The van der Waals surface area contributed by atoms with Crippen molar-refractivity contribution in [2.75, 3.05) is 26.7 Å². The van der Waals surface area contributed by atoms with Gasteiger partial charge in [-0.05, 0) is 57.9 Å². The highest BCUT2D eigenvalue weighted by atomic mass is 16.2. The Hall–Kier alpha value is -0.950. The lowest BCUT2D eigenvalue weighted by Crippen LogP contribution is -2.67. The van der Waals surface area contributed by atoms with Gasteiger partial charge in [0.1, 0.15) is 6.29 Å². The molecule has 1 saturated heterocycles. The second-order valence-electron chi connectivity index (χ2n) is 10.3. The summed E-state index contributed by atoms with van der Waals surface area (Å²) in [5, 5.41) is 11.6. The summed E-state index contributed by atoms with van der Waals surface area (Å²) < 4.78 is 0. The molecular formula is C24H43N5O.